The van der Waals surface area contributed by atoms with Crippen LogP contribution in [0.15, 0.2) is 19.0 Å². The fourth-order valence-corrected chi connectivity index (χ4v) is 11.0. The molecule has 0 aromatic carbocycles. The third-order valence-corrected chi connectivity index (χ3v) is 16.6. The van der Waals surface area contributed by atoms with E-state index in [-0.39, 0.29) is 114 Å². The Labute approximate surface area is 575 Å². The van der Waals surface area contributed by atoms with Crippen LogP contribution in [0.3, 0.4) is 0 Å². The van der Waals surface area contributed by atoms with Gasteiger partial charge in [-0.2, -0.15) is 43.1 Å². The average molecular weight is 1410 g/mol. The molecule has 9 heterocycles. The second-order valence-corrected chi connectivity index (χ2v) is 24.1. The molecule has 3 aliphatic rings. The summed E-state index contributed by atoms with van der Waals surface area (Å²) >= 11 is 5.07. The maximum absolute atomic E-state index is 13.9. The van der Waals surface area contributed by atoms with Gasteiger partial charge in [-0.15, -0.1) is 19.3 Å². The number of anilines is 3. The fourth-order valence-electron chi connectivity index (χ4n) is 10.8. The first kappa shape index (κ1) is 79.1. The van der Waals surface area contributed by atoms with Crippen molar-refractivity contribution >= 4 is 91.7 Å². The summed E-state index contributed by atoms with van der Waals surface area (Å²) in [6.07, 6.45) is 28.1. The Balaban J connectivity index is 0.000000227. The number of halogens is 4. The van der Waals surface area contributed by atoms with Crippen molar-refractivity contribution in [2.45, 2.75) is 236 Å². The Hall–Kier alpha value is -8.84. The number of terminal acetylenes is 3. The van der Waals surface area contributed by atoms with Gasteiger partial charge in [-0.25, -0.2) is 15.0 Å². The minimum absolute atomic E-state index is 0.0971. The van der Waals surface area contributed by atoms with Gasteiger partial charge >= 0.3 is 42.1 Å². The molecule has 99 heavy (non-hydrogen) atoms. The van der Waals surface area contributed by atoms with E-state index in [1.807, 2.05) is 27.7 Å². The third kappa shape index (κ3) is 20.9. The van der Waals surface area contributed by atoms with Crippen LogP contribution in [0.4, 0.5) is 30.6 Å². The number of rotatable bonds is 30. The van der Waals surface area contributed by atoms with Crippen LogP contribution < -0.4 is 17.2 Å². The van der Waals surface area contributed by atoms with E-state index in [2.05, 4.69) is 69.5 Å². The normalized spacial score (nSPS) is 22.2. The van der Waals surface area contributed by atoms with Crippen molar-refractivity contribution in [2.75, 3.05) is 37.0 Å². The van der Waals surface area contributed by atoms with Crippen LogP contribution in [-0.4, -0.2) is 153 Å². The van der Waals surface area contributed by atoms with Gasteiger partial charge in [-0.3, -0.25) is 37.7 Å². The van der Waals surface area contributed by atoms with E-state index in [4.69, 9.17) is 81.2 Å². The van der Waals surface area contributed by atoms with E-state index in [1.54, 1.807) is 0 Å². The van der Waals surface area contributed by atoms with E-state index in [1.165, 1.54) is 32.7 Å². The van der Waals surface area contributed by atoms with E-state index in [0.717, 1.165) is 70.6 Å². The lowest BCUT2D eigenvalue weighted by molar-refractivity contribution is -0.168. The van der Waals surface area contributed by atoms with E-state index in [0.29, 0.717) is 32.1 Å². The van der Waals surface area contributed by atoms with Crippen molar-refractivity contribution < 1.29 is 80.5 Å². The molecular formula is C66H87ClF3N15O14. The highest BCUT2D eigenvalue weighted by Crippen LogP contribution is 2.43. The molecule has 3 aliphatic heterocycles. The summed E-state index contributed by atoms with van der Waals surface area (Å²) in [7, 11) is 0. The number of imidazole rings is 3. The molecule has 0 unspecified atom stereocenters. The molecule has 0 amide bonds. The van der Waals surface area contributed by atoms with Crippen LogP contribution in [0.1, 0.15) is 201 Å². The monoisotopic (exact) mass is 1410 g/mol. The summed E-state index contributed by atoms with van der Waals surface area (Å²) in [5.74, 6) is 5.34. The summed E-state index contributed by atoms with van der Waals surface area (Å²) < 4.78 is 85.5. The number of aliphatic hydroxyl groups is 2. The van der Waals surface area contributed by atoms with E-state index >= 15 is 0 Å². The number of ether oxygens (including phenoxy) is 7. The first-order valence-electron chi connectivity index (χ1n) is 33.0. The van der Waals surface area contributed by atoms with Gasteiger partial charge in [0.15, 0.2) is 56.5 Å². The molecule has 0 bridgehead atoms. The summed E-state index contributed by atoms with van der Waals surface area (Å²) in [5.41, 5.74) is 13.5. The topological polar surface area (TPSA) is 399 Å². The Morgan fingerprint density at radius 3 is 1.11 bits per heavy atom. The molecule has 33 heteroatoms. The minimum Gasteiger partial charge on any atom is -0.461 e. The minimum atomic E-state index is -1.53. The predicted octanol–water partition coefficient (Wildman–Crippen LogP) is 8.43. The summed E-state index contributed by atoms with van der Waals surface area (Å²) in [6, 6.07) is 0. The second-order valence-electron chi connectivity index (χ2n) is 23.7. The molecule has 6 aromatic heterocycles. The van der Waals surface area contributed by atoms with Gasteiger partial charge in [-0.1, -0.05) is 117 Å². The number of nitrogens with two attached hydrogens (primary N) is 3. The molecule has 0 radical (unpaired) electrons. The van der Waals surface area contributed by atoms with Crippen molar-refractivity contribution in [2.24, 2.45) is 0 Å². The number of aromatic nitrogens is 12. The summed E-state index contributed by atoms with van der Waals surface area (Å²) in [4.78, 5) is 93.5. The smallest absolute Gasteiger partial charge is 0.312 e. The van der Waals surface area contributed by atoms with Crippen molar-refractivity contribution in [3.05, 3.63) is 37.2 Å². The zero-order valence-corrected chi connectivity index (χ0v) is 57.0. The van der Waals surface area contributed by atoms with Crippen LogP contribution in [-0.2, 0) is 57.1 Å². The van der Waals surface area contributed by atoms with Gasteiger partial charge in [-0.05, 0) is 43.7 Å². The van der Waals surface area contributed by atoms with Gasteiger partial charge in [0, 0.05) is 51.4 Å². The van der Waals surface area contributed by atoms with Gasteiger partial charge in [0.2, 0.25) is 16.4 Å². The lowest BCUT2D eigenvalue weighted by Gasteiger charge is -2.28. The fraction of sp³-hybridized carbons (Fsp3) is 0.606. The van der Waals surface area contributed by atoms with Crippen LogP contribution in [0, 0.1) is 55.3 Å². The number of esters is 4. The number of nitrogen functional groups attached to an aromatic ring is 3. The summed E-state index contributed by atoms with van der Waals surface area (Å²) in [5, 5.41) is 19.1. The molecule has 9 rings (SSSR count). The van der Waals surface area contributed by atoms with Gasteiger partial charge in [0.1, 0.15) is 50.2 Å². The van der Waals surface area contributed by atoms with Gasteiger partial charge in [0.05, 0.1) is 25.6 Å². The number of unbranched alkanes of at least 4 members (excludes halogenated alkanes) is 10. The Morgan fingerprint density at radius 1 is 0.515 bits per heavy atom. The molecule has 0 spiro atoms. The molecule has 29 nitrogen and oxygen atoms in total. The van der Waals surface area contributed by atoms with E-state index in [9.17, 15) is 47.4 Å². The van der Waals surface area contributed by atoms with E-state index < -0.39 is 103 Å². The first-order chi connectivity index (χ1) is 47.4. The first-order valence-corrected chi connectivity index (χ1v) is 33.4. The van der Waals surface area contributed by atoms with Crippen LogP contribution >= 0.6 is 11.6 Å². The largest absolute Gasteiger partial charge is 0.461 e. The second kappa shape index (κ2) is 37.9. The standard InChI is InChI=1S/2C24H32FN5O5.C12H12FN5O3.C6H11ClO/c2*1-4-7-9-11-18(31)33-14-24(6-3)16(34-19(32)12-10-8-5-2)13-17(35-24)30-15-27-20-21(26)28-23(25)29-22(20)30;1-2-12(4-19)6(20)3-7(21-12)18-5-15-8-9(14)16-11(13)17-10(8)18;1-2-3-4-5-6(7)8/h2*3,15-17H,4-5,7-14H2,1-2H3,(H2,26,28,29);1,5-7,19-20H,3-4H2,(H2,14,16,17);2-5H2,1H3/t2*16-,17+,24+;6-,7+,12+;/m000./s1. The van der Waals surface area contributed by atoms with Gasteiger partial charge in [0.25, 0.3) is 0 Å². The molecule has 6 aromatic rings. The van der Waals surface area contributed by atoms with Crippen LogP contribution in [0.2, 0.25) is 0 Å². The van der Waals surface area contributed by atoms with Crippen molar-refractivity contribution in [3.63, 3.8) is 0 Å². The molecule has 3 fully saturated rings. The molecule has 8 N–H and O–H groups in total. The summed E-state index contributed by atoms with van der Waals surface area (Å²) in [6.45, 7) is 9.11. The van der Waals surface area contributed by atoms with Gasteiger partial charge < -0.3 is 60.6 Å². The number of hydrogen-bond donors (Lipinski definition) is 5. The SMILES string of the molecule is C#C[C@]1(CO)O[C@@H](n2cnc3c(N)nc(F)nc32)C[C@@H]1O.C#C[C@]1(COC(=O)CCCCC)O[C@@H](n2cnc3c(N)nc(F)nc32)C[C@@H]1OC(=O)CCCCC.C#C[C@]1(COC(=O)CCCCC)O[C@@H](n2cnc3c(N)nc(F)nc32)C[C@@H]1OC(=O)CCCCC.CCCCCC(=O)Cl. The lowest BCUT2D eigenvalue weighted by Crippen LogP contribution is -2.45. The maximum atomic E-state index is 13.9. The molecular weight excluding hydrogens is 1320 g/mol. The lowest BCUT2D eigenvalue weighted by atomic mass is 9.98. The number of carbonyl (C=O) groups is 5. The Kier molecular flexibility index (Phi) is 30.3. The molecule has 9 atom stereocenters. The average Bonchev–Trinajstić information content (AvgIpc) is 1.63. The number of aliphatic hydroxyl groups excluding tert-OH is 2. The number of hydrogen-bond acceptors (Lipinski definition) is 26. The van der Waals surface area contributed by atoms with Crippen molar-refractivity contribution in [1.82, 2.24) is 58.6 Å². The Bertz CT molecular complexity index is 3670. The quantitative estimate of drug-likeness (QED) is 0.00705. The zero-order chi connectivity index (χ0) is 72.5. The zero-order valence-electron chi connectivity index (χ0n) is 56.2. The van der Waals surface area contributed by atoms with Crippen LogP contribution in [0.5, 0.6) is 0 Å². The highest BCUT2D eigenvalue weighted by Gasteiger charge is 2.54. The van der Waals surface area contributed by atoms with Crippen LogP contribution in [0.25, 0.3) is 33.5 Å². The molecule has 0 aliphatic carbocycles. The Morgan fingerprint density at radius 2 is 0.818 bits per heavy atom. The highest BCUT2D eigenvalue weighted by molar-refractivity contribution is 6.63. The van der Waals surface area contributed by atoms with Crippen molar-refractivity contribution in [3.8, 4) is 37.0 Å². The number of nitrogens with zero attached hydrogens (tertiary/aromatic N) is 12. The molecule has 0 saturated carbocycles. The molecule has 3 saturated heterocycles. The third-order valence-electron chi connectivity index (χ3n) is 16.4. The maximum Gasteiger partial charge on any atom is 0.312 e. The predicted molar refractivity (Wildman–Crippen MR) is 354 cm³/mol. The highest BCUT2D eigenvalue weighted by atomic mass is 35.5. The van der Waals surface area contributed by atoms with Crippen molar-refractivity contribution in [1.29, 1.82) is 0 Å². The molecule has 538 valence electrons. The number of carbonyl (C=O) groups excluding carboxylic acids is 5. The number of fused-ring (bicyclic) bond motifs is 3.